The summed E-state index contributed by atoms with van der Waals surface area (Å²) in [5, 5.41) is 14.3. The van der Waals surface area contributed by atoms with Crippen LogP contribution in [-0.4, -0.2) is 42.1 Å². The van der Waals surface area contributed by atoms with Crippen LogP contribution in [0.3, 0.4) is 0 Å². The van der Waals surface area contributed by atoms with Crippen LogP contribution in [-0.2, 0) is 18.3 Å². The number of aromatic amines is 1. The number of hydrogen-bond acceptors (Lipinski definition) is 7. The molecule has 2 atom stereocenters. The highest BCUT2D eigenvalue weighted by molar-refractivity contribution is 5.86. The summed E-state index contributed by atoms with van der Waals surface area (Å²) in [6, 6.07) is 2.42. The van der Waals surface area contributed by atoms with Gasteiger partial charge in [-0.25, -0.2) is 28.2 Å². The van der Waals surface area contributed by atoms with Crippen molar-refractivity contribution in [1.29, 1.82) is 0 Å². The van der Waals surface area contributed by atoms with E-state index >= 15 is 4.39 Å². The van der Waals surface area contributed by atoms with Crippen molar-refractivity contribution in [1.82, 2.24) is 24.7 Å². The van der Waals surface area contributed by atoms with Gasteiger partial charge in [-0.15, -0.1) is 0 Å². The van der Waals surface area contributed by atoms with Gasteiger partial charge in [-0.3, -0.25) is 9.59 Å². The van der Waals surface area contributed by atoms with E-state index in [1.807, 2.05) is 0 Å². The highest BCUT2D eigenvalue weighted by Gasteiger charge is 2.38. The average Bonchev–Trinajstić information content (AvgIpc) is 2.86. The Morgan fingerprint density at radius 1 is 1.10 bits per heavy atom. The van der Waals surface area contributed by atoms with Crippen LogP contribution in [0.1, 0.15) is 38.3 Å². The molecule has 15 heteroatoms. The highest BCUT2D eigenvalue weighted by atomic mass is 19.4. The predicted octanol–water partition coefficient (Wildman–Crippen LogP) is 4.26. The lowest BCUT2D eigenvalue weighted by Gasteiger charge is -2.19. The van der Waals surface area contributed by atoms with Crippen molar-refractivity contribution in [2.75, 3.05) is 0 Å². The third-order valence-corrected chi connectivity index (χ3v) is 6.16. The van der Waals surface area contributed by atoms with E-state index in [9.17, 15) is 36.6 Å². The van der Waals surface area contributed by atoms with Crippen molar-refractivity contribution in [3.8, 4) is 17.1 Å². The summed E-state index contributed by atoms with van der Waals surface area (Å²) in [5.74, 6) is -3.99. The molecule has 2 unspecified atom stereocenters. The molecular formula is C26H23F6N5O4. The summed E-state index contributed by atoms with van der Waals surface area (Å²) >= 11 is 0. The van der Waals surface area contributed by atoms with E-state index in [4.69, 9.17) is 4.74 Å². The Hall–Kier alpha value is -4.27. The lowest BCUT2D eigenvalue weighted by atomic mass is 10.0. The smallest absolute Gasteiger partial charge is 0.425 e. The number of alkyl halides is 4. The molecule has 9 nitrogen and oxygen atoms in total. The average molecular weight is 583 g/mol. The minimum Gasteiger partial charge on any atom is -0.488 e. The van der Waals surface area contributed by atoms with Gasteiger partial charge < -0.3 is 14.4 Å². The van der Waals surface area contributed by atoms with Crippen LogP contribution in [0.2, 0.25) is 0 Å². The maximum atomic E-state index is 15.1. The molecule has 0 aliphatic rings. The van der Waals surface area contributed by atoms with Gasteiger partial charge in [-0.2, -0.15) is 18.3 Å². The minimum atomic E-state index is -5.05. The van der Waals surface area contributed by atoms with E-state index in [1.165, 1.54) is 39.2 Å². The Morgan fingerprint density at radius 3 is 2.37 bits per heavy atom. The largest absolute Gasteiger partial charge is 0.488 e. The first-order chi connectivity index (χ1) is 19.1. The number of fused-ring (bicyclic) bond motifs is 1. The minimum absolute atomic E-state index is 0.0103. The molecule has 0 fully saturated rings. The van der Waals surface area contributed by atoms with Crippen molar-refractivity contribution in [2.45, 2.75) is 57.8 Å². The molecule has 4 rings (SSSR count). The molecule has 3 heterocycles. The van der Waals surface area contributed by atoms with Crippen molar-refractivity contribution in [3.63, 3.8) is 0 Å². The Kier molecular flexibility index (Phi) is 7.94. The van der Waals surface area contributed by atoms with Gasteiger partial charge in [0.1, 0.15) is 6.17 Å². The molecule has 0 amide bonds. The number of H-pyrrole nitrogens is 1. The zero-order chi connectivity index (χ0) is 30.3. The second-order valence-corrected chi connectivity index (χ2v) is 9.84. The van der Waals surface area contributed by atoms with E-state index < -0.39 is 76.5 Å². The molecule has 3 aromatic heterocycles. The predicted molar refractivity (Wildman–Crippen MR) is 134 cm³/mol. The quantitative estimate of drug-likeness (QED) is 0.297. The normalized spacial score (nSPS) is 13.8. The number of hydrogen-bond donors (Lipinski definition) is 2. The van der Waals surface area contributed by atoms with Gasteiger partial charge in [0, 0.05) is 30.6 Å². The zero-order valence-corrected chi connectivity index (χ0v) is 21.8. The maximum absolute atomic E-state index is 15.1. The fourth-order valence-electron chi connectivity index (χ4n) is 4.12. The van der Waals surface area contributed by atoms with Gasteiger partial charge in [0.15, 0.2) is 28.8 Å². The van der Waals surface area contributed by atoms with Crippen molar-refractivity contribution in [3.05, 3.63) is 80.4 Å². The van der Waals surface area contributed by atoms with Crippen LogP contribution >= 0.6 is 0 Å². The third kappa shape index (κ3) is 6.24. The van der Waals surface area contributed by atoms with E-state index in [0.717, 1.165) is 16.8 Å². The molecule has 0 radical (unpaired) electrons. The van der Waals surface area contributed by atoms with Crippen LogP contribution < -0.4 is 15.9 Å². The SMILES string of the molecule is CC(CC(F)Cn1ccc2cc(-c3ncc(C(C)(C)O)cn3)c(F)c(F)c2c1=O)Oc1cn[nH]c(=O)c1C(F)(F)F. The second kappa shape index (κ2) is 11.0. The lowest BCUT2D eigenvalue weighted by Crippen LogP contribution is -2.29. The van der Waals surface area contributed by atoms with E-state index in [2.05, 4.69) is 15.1 Å². The first-order valence-electron chi connectivity index (χ1n) is 12.1. The number of aliphatic hydroxyl groups is 1. The van der Waals surface area contributed by atoms with Gasteiger partial charge in [0.2, 0.25) is 0 Å². The summed E-state index contributed by atoms with van der Waals surface area (Å²) in [6.45, 7) is 3.60. The zero-order valence-electron chi connectivity index (χ0n) is 21.8. The van der Waals surface area contributed by atoms with Crippen LogP contribution in [0.25, 0.3) is 22.2 Å². The molecule has 0 saturated heterocycles. The molecule has 0 aliphatic heterocycles. The lowest BCUT2D eigenvalue weighted by molar-refractivity contribution is -0.140. The monoisotopic (exact) mass is 583 g/mol. The number of rotatable bonds is 8. The van der Waals surface area contributed by atoms with E-state index in [0.29, 0.717) is 11.8 Å². The number of ether oxygens (including phenoxy) is 1. The number of pyridine rings is 1. The van der Waals surface area contributed by atoms with Gasteiger partial charge in [0.05, 0.1) is 35.4 Å². The number of nitrogens with zero attached hydrogens (tertiary/aromatic N) is 4. The molecule has 0 aliphatic carbocycles. The van der Waals surface area contributed by atoms with Crippen LogP contribution in [0, 0.1) is 11.6 Å². The summed E-state index contributed by atoms with van der Waals surface area (Å²) in [6.07, 6.45) is -4.31. The summed E-state index contributed by atoms with van der Waals surface area (Å²) < 4.78 is 90.5. The first kappa shape index (κ1) is 29.7. The van der Waals surface area contributed by atoms with Gasteiger partial charge in [-0.1, -0.05) is 0 Å². The molecule has 2 N–H and O–H groups in total. The standard InChI is InChI=1S/C26H23F6N5O4/c1-12(41-17-10-35-36-23(38)19(17)26(30,31)32)6-15(27)11-37-5-4-13-7-16(20(28)21(29)18(13)24(37)39)22-33-8-14(9-34-22)25(2,3)40/h4-5,7-10,12,15,40H,6,11H2,1-3H3,(H,36,38). The molecule has 0 spiro atoms. The Morgan fingerprint density at radius 2 is 1.76 bits per heavy atom. The first-order valence-corrected chi connectivity index (χ1v) is 12.1. The number of benzene rings is 1. The maximum Gasteiger partial charge on any atom is 0.425 e. The molecule has 4 aromatic rings. The van der Waals surface area contributed by atoms with Crippen LogP contribution in [0.5, 0.6) is 5.75 Å². The second-order valence-electron chi connectivity index (χ2n) is 9.84. The van der Waals surface area contributed by atoms with Crippen molar-refractivity contribution in [2.24, 2.45) is 0 Å². The summed E-state index contributed by atoms with van der Waals surface area (Å²) in [7, 11) is 0. The highest BCUT2D eigenvalue weighted by Crippen LogP contribution is 2.33. The van der Waals surface area contributed by atoms with Crippen molar-refractivity contribution >= 4 is 10.8 Å². The van der Waals surface area contributed by atoms with Crippen LogP contribution in [0.15, 0.2) is 46.5 Å². The fourth-order valence-corrected chi connectivity index (χ4v) is 4.12. The summed E-state index contributed by atoms with van der Waals surface area (Å²) in [4.78, 5) is 32.5. The van der Waals surface area contributed by atoms with E-state index in [1.54, 1.807) is 5.10 Å². The molecule has 218 valence electrons. The number of aromatic nitrogens is 5. The molecule has 1 aromatic carbocycles. The van der Waals surface area contributed by atoms with Crippen LogP contribution in [0.4, 0.5) is 26.3 Å². The van der Waals surface area contributed by atoms with Gasteiger partial charge in [-0.05, 0) is 38.3 Å². The third-order valence-electron chi connectivity index (χ3n) is 6.16. The molecule has 0 saturated carbocycles. The molecular weight excluding hydrogens is 560 g/mol. The Labute approximate surface area is 227 Å². The van der Waals surface area contributed by atoms with E-state index in [-0.39, 0.29) is 16.8 Å². The van der Waals surface area contributed by atoms with Crippen molar-refractivity contribution < 1.29 is 36.2 Å². The molecule has 41 heavy (non-hydrogen) atoms. The van der Waals surface area contributed by atoms with Gasteiger partial charge >= 0.3 is 6.18 Å². The Balaban J connectivity index is 1.56. The molecule has 0 bridgehead atoms. The number of nitrogens with one attached hydrogen (secondary N) is 1. The van der Waals surface area contributed by atoms with Gasteiger partial charge in [0.25, 0.3) is 11.1 Å². The topological polar surface area (TPSA) is 123 Å². The summed E-state index contributed by atoms with van der Waals surface area (Å²) in [5.41, 5.74) is -5.47. The number of halogens is 6. The fraction of sp³-hybridized carbons (Fsp3) is 0.346. The Bertz CT molecular complexity index is 1700.